The Kier molecular flexibility index (Phi) is 5.12. The van der Waals surface area contributed by atoms with E-state index in [1.165, 1.54) is 23.6 Å². The minimum Gasteiger partial charge on any atom is -0.369 e. The first kappa shape index (κ1) is 16.1. The Morgan fingerprint density at radius 3 is 2.71 bits per heavy atom. The van der Waals surface area contributed by atoms with Crippen LogP contribution in [-0.4, -0.2) is 30.1 Å². The molecule has 0 spiro atoms. The Hall–Kier alpha value is -1.26. The van der Waals surface area contributed by atoms with Crippen molar-refractivity contribution in [3.05, 3.63) is 21.7 Å². The van der Waals surface area contributed by atoms with E-state index in [0.717, 1.165) is 5.01 Å². The predicted octanol–water partition coefficient (Wildman–Crippen LogP) is 2.49. The molecule has 2 rings (SSSR count). The SMILES string of the molecule is CCNc1ncc(Br)cc1S(=O)(=O)Nc1nnc(CC)s1. The number of halogens is 1. The summed E-state index contributed by atoms with van der Waals surface area (Å²) in [6.45, 7) is 4.36. The standard InChI is InChI=1S/C11H14BrN5O2S2/c1-3-9-15-16-11(20-9)17-21(18,19)8-5-7(12)6-14-10(8)13-4-2/h5-6H,3-4H2,1-2H3,(H,13,14)(H,16,17). The first-order valence-corrected chi connectivity index (χ1v) is 9.30. The molecule has 0 aliphatic heterocycles. The molecule has 0 bridgehead atoms. The number of aryl methyl sites for hydroxylation is 1. The first-order valence-electron chi connectivity index (χ1n) is 6.21. The lowest BCUT2D eigenvalue weighted by Crippen LogP contribution is -2.16. The minimum atomic E-state index is -3.78. The van der Waals surface area contributed by atoms with Crippen LogP contribution in [0.4, 0.5) is 10.9 Å². The van der Waals surface area contributed by atoms with Crippen molar-refractivity contribution in [2.24, 2.45) is 0 Å². The Morgan fingerprint density at radius 1 is 1.33 bits per heavy atom. The van der Waals surface area contributed by atoms with Crippen molar-refractivity contribution in [2.75, 3.05) is 16.6 Å². The molecule has 0 aliphatic rings. The van der Waals surface area contributed by atoms with E-state index in [2.05, 4.69) is 41.2 Å². The van der Waals surface area contributed by atoms with Gasteiger partial charge in [0.2, 0.25) is 5.13 Å². The number of nitrogens with zero attached hydrogens (tertiary/aromatic N) is 3. The number of aromatic nitrogens is 3. The smallest absolute Gasteiger partial charge is 0.267 e. The van der Waals surface area contributed by atoms with E-state index in [0.29, 0.717) is 23.3 Å². The molecule has 0 radical (unpaired) electrons. The fourth-order valence-corrected chi connectivity index (χ4v) is 4.09. The zero-order valence-electron chi connectivity index (χ0n) is 11.4. The summed E-state index contributed by atoms with van der Waals surface area (Å²) in [5.41, 5.74) is 0. The molecular formula is C11H14BrN5O2S2. The maximum absolute atomic E-state index is 12.5. The molecule has 2 aromatic rings. The van der Waals surface area contributed by atoms with Gasteiger partial charge in [-0.1, -0.05) is 18.3 Å². The van der Waals surface area contributed by atoms with Gasteiger partial charge in [0.05, 0.1) is 0 Å². The van der Waals surface area contributed by atoms with Crippen molar-refractivity contribution >= 4 is 48.2 Å². The Labute approximate surface area is 135 Å². The molecule has 7 nitrogen and oxygen atoms in total. The molecule has 2 aromatic heterocycles. The lowest BCUT2D eigenvalue weighted by atomic mass is 10.4. The van der Waals surface area contributed by atoms with Crippen LogP contribution in [0.15, 0.2) is 21.6 Å². The molecule has 0 aliphatic carbocycles. The third-order valence-corrected chi connectivity index (χ3v) is 5.34. The summed E-state index contributed by atoms with van der Waals surface area (Å²) in [6, 6.07) is 1.50. The van der Waals surface area contributed by atoms with Crippen LogP contribution >= 0.6 is 27.3 Å². The highest BCUT2D eigenvalue weighted by Crippen LogP contribution is 2.26. The van der Waals surface area contributed by atoms with Gasteiger partial charge in [0, 0.05) is 17.2 Å². The van der Waals surface area contributed by atoms with Crippen LogP contribution in [0.5, 0.6) is 0 Å². The van der Waals surface area contributed by atoms with Gasteiger partial charge in [0.25, 0.3) is 10.0 Å². The summed E-state index contributed by atoms with van der Waals surface area (Å²) < 4.78 is 28.0. The van der Waals surface area contributed by atoms with Gasteiger partial charge in [-0.05, 0) is 35.3 Å². The van der Waals surface area contributed by atoms with Crippen molar-refractivity contribution in [3.8, 4) is 0 Å². The van der Waals surface area contributed by atoms with E-state index in [1.807, 2.05) is 13.8 Å². The lowest BCUT2D eigenvalue weighted by molar-refractivity contribution is 0.601. The normalized spacial score (nSPS) is 11.4. The van der Waals surface area contributed by atoms with Crippen LogP contribution in [0.3, 0.4) is 0 Å². The fraction of sp³-hybridized carbons (Fsp3) is 0.364. The average Bonchev–Trinajstić information content (AvgIpc) is 2.88. The second kappa shape index (κ2) is 6.67. The van der Waals surface area contributed by atoms with Crippen molar-refractivity contribution in [2.45, 2.75) is 25.2 Å². The van der Waals surface area contributed by atoms with E-state index in [-0.39, 0.29) is 10.0 Å². The summed E-state index contributed by atoms with van der Waals surface area (Å²) in [7, 11) is -3.78. The van der Waals surface area contributed by atoms with Crippen molar-refractivity contribution < 1.29 is 8.42 Å². The lowest BCUT2D eigenvalue weighted by Gasteiger charge is -2.10. The van der Waals surface area contributed by atoms with Crippen LogP contribution in [0.25, 0.3) is 0 Å². The summed E-state index contributed by atoms with van der Waals surface area (Å²) in [5.74, 6) is 0.299. The van der Waals surface area contributed by atoms with Gasteiger partial charge in [0.15, 0.2) is 0 Å². The molecule has 2 heterocycles. The van der Waals surface area contributed by atoms with Gasteiger partial charge in [-0.3, -0.25) is 4.72 Å². The van der Waals surface area contributed by atoms with E-state index < -0.39 is 10.0 Å². The van der Waals surface area contributed by atoms with Crippen LogP contribution in [0.1, 0.15) is 18.9 Å². The predicted molar refractivity (Wildman–Crippen MR) is 86.2 cm³/mol. The molecule has 114 valence electrons. The van der Waals surface area contributed by atoms with Crippen molar-refractivity contribution in [1.82, 2.24) is 15.2 Å². The highest BCUT2D eigenvalue weighted by molar-refractivity contribution is 9.10. The van der Waals surface area contributed by atoms with Crippen LogP contribution in [0.2, 0.25) is 0 Å². The molecule has 0 unspecified atom stereocenters. The number of nitrogens with one attached hydrogen (secondary N) is 2. The second-order valence-electron chi connectivity index (χ2n) is 3.99. The number of pyridine rings is 1. The first-order chi connectivity index (χ1) is 9.96. The molecule has 0 amide bonds. The second-order valence-corrected chi connectivity index (χ2v) is 7.62. The van der Waals surface area contributed by atoms with Gasteiger partial charge in [-0.25, -0.2) is 13.4 Å². The van der Waals surface area contributed by atoms with Crippen molar-refractivity contribution in [1.29, 1.82) is 0 Å². The van der Waals surface area contributed by atoms with Crippen LogP contribution in [-0.2, 0) is 16.4 Å². The van der Waals surface area contributed by atoms with Gasteiger partial charge in [0.1, 0.15) is 15.7 Å². The minimum absolute atomic E-state index is 0.0620. The van der Waals surface area contributed by atoms with E-state index >= 15 is 0 Å². The molecule has 0 aromatic carbocycles. The van der Waals surface area contributed by atoms with E-state index in [4.69, 9.17) is 0 Å². The Balaban J connectivity index is 2.36. The number of rotatable bonds is 6. The van der Waals surface area contributed by atoms with E-state index in [9.17, 15) is 8.42 Å². The Morgan fingerprint density at radius 2 is 2.10 bits per heavy atom. The molecule has 10 heteroatoms. The number of sulfonamides is 1. The summed E-state index contributed by atoms with van der Waals surface area (Å²) >= 11 is 4.45. The molecule has 21 heavy (non-hydrogen) atoms. The molecule has 2 N–H and O–H groups in total. The third-order valence-electron chi connectivity index (χ3n) is 2.44. The molecular weight excluding hydrogens is 378 g/mol. The maximum atomic E-state index is 12.5. The summed E-state index contributed by atoms with van der Waals surface area (Å²) in [5, 5.41) is 11.7. The van der Waals surface area contributed by atoms with Gasteiger partial charge in [-0.2, -0.15) is 0 Å². The molecule has 0 atom stereocenters. The van der Waals surface area contributed by atoms with Crippen LogP contribution < -0.4 is 10.0 Å². The van der Waals surface area contributed by atoms with Gasteiger partial charge < -0.3 is 5.32 Å². The summed E-state index contributed by atoms with van der Waals surface area (Å²) in [6.07, 6.45) is 2.25. The zero-order chi connectivity index (χ0) is 15.5. The van der Waals surface area contributed by atoms with Crippen LogP contribution in [0, 0.1) is 0 Å². The highest BCUT2D eigenvalue weighted by Gasteiger charge is 2.22. The monoisotopic (exact) mass is 391 g/mol. The molecule has 0 saturated heterocycles. The van der Waals surface area contributed by atoms with Gasteiger partial charge in [-0.15, -0.1) is 10.2 Å². The zero-order valence-corrected chi connectivity index (χ0v) is 14.6. The fourth-order valence-electron chi connectivity index (χ4n) is 1.53. The number of hydrogen-bond acceptors (Lipinski definition) is 7. The number of hydrogen-bond donors (Lipinski definition) is 2. The maximum Gasteiger partial charge on any atom is 0.267 e. The molecule has 0 saturated carbocycles. The number of anilines is 2. The summed E-state index contributed by atoms with van der Waals surface area (Å²) in [4.78, 5) is 4.15. The topological polar surface area (TPSA) is 96.9 Å². The average molecular weight is 392 g/mol. The highest BCUT2D eigenvalue weighted by atomic mass is 79.9. The van der Waals surface area contributed by atoms with Crippen molar-refractivity contribution in [3.63, 3.8) is 0 Å². The van der Waals surface area contributed by atoms with E-state index in [1.54, 1.807) is 0 Å². The largest absolute Gasteiger partial charge is 0.369 e. The quantitative estimate of drug-likeness (QED) is 0.784. The molecule has 0 fully saturated rings. The van der Waals surface area contributed by atoms with Gasteiger partial charge >= 0.3 is 0 Å². The Bertz CT molecular complexity index is 732. The third kappa shape index (κ3) is 3.89.